The molecule has 0 aromatic carbocycles. The van der Waals surface area contributed by atoms with Crippen molar-refractivity contribution in [3.63, 3.8) is 0 Å². The van der Waals surface area contributed by atoms with E-state index in [0.29, 0.717) is 0 Å². The summed E-state index contributed by atoms with van der Waals surface area (Å²) >= 11 is 1.54. The summed E-state index contributed by atoms with van der Waals surface area (Å²) in [5, 5.41) is 14.5. The Morgan fingerprint density at radius 1 is 1.44 bits per heavy atom. The summed E-state index contributed by atoms with van der Waals surface area (Å²) in [6.07, 6.45) is 2.70. The third-order valence-corrected chi connectivity index (χ3v) is 3.68. The van der Waals surface area contributed by atoms with E-state index in [4.69, 9.17) is 5.11 Å². The molecule has 0 aliphatic heterocycles. The lowest BCUT2D eigenvalue weighted by molar-refractivity contribution is -0.138. The number of thiazole rings is 1. The first-order valence-corrected chi connectivity index (χ1v) is 6.50. The van der Waals surface area contributed by atoms with Gasteiger partial charge in [-0.05, 0) is 20.3 Å². The minimum atomic E-state index is -1.07. The molecular formula is C11H17N3O3S. The molecule has 1 unspecified atom stereocenters. The lowest BCUT2D eigenvalue weighted by Gasteiger charge is -2.14. The molecule has 6 nitrogen and oxygen atoms in total. The van der Waals surface area contributed by atoms with Gasteiger partial charge in [-0.2, -0.15) is 0 Å². The predicted molar refractivity (Wildman–Crippen MR) is 68.7 cm³/mol. The minimum Gasteiger partial charge on any atom is -0.480 e. The van der Waals surface area contributed by atoms with E-state index < -0.39 is 18.0 Å². The van der Waals surface area contributed by atoms with Crippen LogP contribution in [0.25, 0.3) is 0 Å². The van der Waals surface area contributed by atoms with Crippen LogP contribution in [-0.2, 0) is 11.2 Å². The van der Waals surface area contributed by atoms with Gasteiger partial charge in [0.2, 0.25) is 0 Å². The molecule has 1 rings (SSSR count). The molecule has 0 saturated carbocycles. The Morgan fingerprint density at radius 3 is 2.61 bits per heavy atom. The number of aromatic nitrogens is 1. The first kappa shape index (κ1) is 14.4. The van der Waals surface area contributed by atoms with Crippen LogP contribution in [0.1, 0.15) is 36.7 Å². The number of rotatable bonds is 5. The van der Waals surface area contributed by atoms with Crippen LogP contribution in [0.2, 0.25) is 0 Å². The zero-order valence-corrected chi connectivity index (χ0v) is 11.4. The molecule has 1 heterocycles. The Balaban J connectivity index is 2.51. The number of nitrogens with one attached hydrogen (secondary N) is 2. The molecule has 0 radical (unpaired) electrons. The van der Waals surface area contributed by atoms with Gasteiger partial charge >= 0.3 is 12.0 Å². The van der Waals surface area contributed by atoms with Crippen LogP contribution >= 0.6 is 11.3 Å². The molecular weight excluding hydrogens is 254 g/mol. The number of nitrogens with zero attached hydrogens (tertiary/aromatic N) is 1. The van der Waals surface area contributed by atoms with Crippen LogP contribution < -0.4 is 10.6 Å². The molecule has 1 aromatic heterocycles. The zero-order chi connectivity index (χ0) is 13.7. The van der Waals surface area contributed by atoms with Crippen molar-refractivity contribution in [3.05, 3.63) is 16.1 Å². The molecule has 0 fully saturated rings. The smallest absolute Gasteiger partial charge is 0.325 e. The number of aliphatic carboxylic acids is 1. The van der Waals surface area contributed by atoms with E-state index in [2.05, 4.69) is 15.6 Å². The van der Waals surface area contributed by atoms with Gasteiger partial charge in [-0.1, -0.05) is 6.92 Å². The quantitative estimate of drug-likeness (QED) is 0.757. The second kappa shape index (κ2) is 6.34. The van der Waals surface area contributed by atoms with Crippen LogP contribution in [0.4, 0.5) is 4.79 Å². The molecule has 2 atom stereocenters. The first-order valence-electron chi connectivity index (χ1n) is 5.68. The van der Waals surface area contributed by atoms with Gasteiger partial charge in [0.15, 0.2) is 0 Å². The van der Waals surface area contributed by atoms with E-state index in [0.717, 1.165) is 16.3 Å². The second-order valence-electron chi connectivity index (χ2n) is 3.92. The van der Waals surface area contributed by atoms with Gasteiger partial charge in [-0.3, -0.25) is 4.79 Å². The van der Waals surface area contributed by atoms with Crippen molar-refractivity contribution >= 4 is 23.3 Å². The molecule has 0 spiro atoms. The lowest BCUT2D eigenvalue weighted by atomic mass is 10.3. The van der Waals surface area contributed by atoms with Crippen molar-refractivity contribution in [1.29, 1.82) is 0 Å². The number of amides is 2. The molecule has 3 N–H and O–H groups in total. The first-order chi connectivity index (χ1) is 8.43. The molecule has 7 heteroatoms. The summed E-state index contributed by atoms with van der Waals surface area (Å²) in [6, 6.07) is -1.67. The van der Waals surface area contributed by atoms with Crippen LogP contribution in [0, 0.1) is 0 Å². The number of carbonyl (C=O) groups is 2. The number of hydrogen-bond acceptors (Lipinski definition) is 4. The highest BCUT2D eigenvalue weighted by Crippen LogP contribution is 2.19. The summed E-state index contributed by atoms with van der Waals surface area (Å²) in [4.78, 5) is 27.5. The molecule has 100 valence electrons. The summed E-state index contributed by atoms with van der Waals surface area (Å²) in [7, 11) is 0. The van der Waals surface area contributed by atoms with Crippen LogP contribution in [0.15, 0.2) is 6.20 Å². The largest absolute Gasteiger partial charge is 0.480 e. The van der Waals surface area contributed by atoms with E-state index in [-0.39, 0.29) is 6.04 Å². The number of carboxylic acid groups (broad SMARTS) is 1. The van der Waals surface area contributed by atoms with Gasteiger partial charge in [-0.15, -0.1) is 11.3 Å². The van der Waals surface area contributed by atoms with Crippen molar-refractivity contribution in [2.45, 2.75) is 39.3 Å². The van der Waals surface area contributed by atoms with E-state index in [1.54, 1.807) is 6.20 Å². The monoisotopic (exact) mass is 271 g/mol. The van der Waals surface area contributed by atoms with Gasteiger partial charge in [0.1, 0.15) is 11.0 Å². The fourth-order valence-corrected chi connectivity index (χ4v) is 2.10. The Hall–Kier alpha value is -1.63. The molecule has 0 aliphatic carbocycles. The standard InChI is InChI=1S/C11H17N3O3S/c1-4-8-5-12-9(18-8)6(2)13-11(17)14-7(3)10(15)16/h5-7H,4H2,1-3H3,(H,15,16)(H2,13,14,17)/t6?,7-/m0/s1. The SMILES string of the molecule is CCc1cnc(C(C)NC(=O)N[C@@H](C)C(=O)O)s1. The number of aryl methyl sites for hydroxylation is 1. The Labute approximate surface area is 109 Å². The predicted octanol–water partition coefficient (Wildman–Crippen LogP) is 1.54. The van der Waals surface area contributed by atoms with Gasteiger partial charge in [-0.25, -0.2) is 9.78 Å². The maximum atomic E-state index is 11.5. The number of carboxylic acids is 1. The maximum Gasteiger partial charge on any atom is 0.325 e. The normalized spacial score (nSPS) is 13.7. The van der Waals surface area contributed by atoms with Gasteiger partial charge in [0.05, 0.1) is 6.04 Å². The van der Waals surface area contributed by atoms with Crippen molar-refractivity contribution in [3.8, 4) is 0 Å². The number of carbonyl (C=O) groups excluding carboxylic acids is 1. The highest BCUT2D eigenvalue weighted by atomic mass is 32.1. The van der Waals surface area contributed by atoms with E-state index >= 15 is 0 Å². The topological polar surface area (TPSA) is 91.3 Å². The Bertz CT molecular complexity index is 433. The maximum absolute atomic E-state index is 11.5. The Morgan fingerprint density at radius 2 is 2.11 bits per heavy atom. The molecule has 1 aromatic rings. The third-order valence-electron chi connectivity index (χ3n) is 2.36. The fourth-order valence-electron chi connectivity index (χ4n) is 1.24. The average molecular weight is 271 g/mol. The highest BCUT2D eigenvalue weighted by molar-refractivity contribution is 7.11. The van der Waals surface area contributed by atoms with Gasteiger partial charge < -0.3 is 15.7 Å². The molecule has 18 heavy (non-hydrogen) atoms. The van der Waals surface area contributed by atoms with E-state index in [1.165, 1.54) is 18.3 Å². The molecule has 0 bridgehead atoms. The molecule has 0 saturated heterocycles. The third kappa shape index (κ3) is 3.99. The van der Waals surface area contributed by atoms with Crippen molar-refractivity contribution in [2.24, 2.45) is 0 Å². The summed E-state index contributed by atoms with van der Waals surface area (Å²) in [5.74, 6) is -1.07. The van der Waals surface area contributed by atoms with Crippen LogP contribution in [-0.4, -0.2) is 28.1 Å². The van der Waals surface area contributed by atoms with Crippen LogP contribution in [0.5, 0.6) is 0 Å². The van der Waals surface area contributed by atoms with Gasteiger partial charge in [0, 0.05) is 11.1 Å². The van der Waals surface area contributed by atoms with E-state index in [9.17, 15) is 9.59 Å². The zero-order valence-electron chi connectivity index (χ0n) is 10.6. The minimum absolute atomic E-state index is 0.240. The van der Waals surface area contributed by atoms with Crippen molar-refractivity contribution in [2.75, 3.05) is 0 Å². The van der Waals surface area contributed by atoms with Crippen molar-refractivity contribution < 1.29 is 14.7 Å². The number of urea groups is 1. The highest BCUT2D eigenvalue weighted by Gasteiger charge is 2.17. The lowest BCUT2D eigenvalue weighted by Crippen LogP contribution is -2.45. The van der Waals surface area contributed by atoms with Gasteiger partial charge in [0.25, 0.3) is 0 Å². The van der Waals surface area contributed by atoms with Crippen molar-refractivity contribution in [1.82, 2.24) is 15.6 Å². The average Bonchev–Trinajstić information content (AvgIpc) is 2.76. The Kier molecular flexibility index (Phi) is 5.08. The summed E-state index contributed by atoms with van der Waals surface area (Å²) < 4.78 is 0. The second-order valence-corrected chi connectivity index (χ2v) is 5.06. The fraction of sp³-hybridized carbons (Fsp3) is 0.545. The summed E-state index contributed by atoms with van der Waals surface area (Å²) in [6.45, 7) is 5.26. The molecule has 2 amide bonds. The van der Waals surface area contributed by atoms with E-state index in [1.807, 2.05) is 13.8 Å². The molecule has 0 aliphatic rings. The summed E-state index contributed by atoms with van der Waals surface area (Å²) in [5.41, 5.74) is 0. The number of hydrogen-bond donors (Lipinski definition) is 3. The van der Waals surface area contributed by atoms with Crippen LogP contribution in [0.3, 0.4) is 0 Å².